The molecule has 1 aromatic heterocycles. The van der Waals surface area contributed by atoms with Gasteiger partial charge in [0.1, 0.15) is 5.82 Å². The number of pyridine rings is 1. The molecule has 1 aromatic rings. The zero-order valence-electron chi connectivity index (χ0n) is 5.33. The molecule has 0 aliphatic carbocycles. The number of hydrogen-bond acceptors (Lipinski definition) is 2. The number of nitrogen functional groups attached to an aromatic ring is 1. The summed E-state index contributed by atoms with van der Waals surface area (Å²) in [5, 5.41) is 0. The number of rotatable bonds is 1. The number of aromatic nitrogens is 1. The highest BCUT2D eigenvalue weighted by molar-refractivity contribution is 6.50. The van der Waals surface area contributed by atoms with Gasteiger partial charge in [0, 0.05) is 0 Å². The summed E-state index contributed by atoms with van der Waals surface area (Å²) < 4.78 is 0. The van der Waals surface area contributed by atoms with Gasteiger partial charge in [0.25, 0.3) is 0 Å². The van der Waals surface area contributed by atoms with Crippen molar-refractivity contribution in [2.75, 3.05) is 5.73 Å². The molecule has 0 atom stereocenters. The van der Waals surface area contributed by atoms with Gasteiger partial charge in [-0.15, -0.1) is 0 Å². The van der Waals surface area contributed by atoms with Crippen molar-refractivity contribution in [3.63, 3.8) is 0 Å². The number of anilines is 1. The molecule has 0 amide bonds. The monoisotopic (exact) mass is 119 g/mol. The molecule has 0 aromatic carbocycles. The van der Waals surface area contributed by atoms with Gasteiger partial charge in [-0.1, -0.05) is 19.0 Å². The fourth-order valence-electron chi connectivity index (χ4n) is 0.630. The summed E-state index contributed by atoms with van der Waals surface area (Å²) in [7, 11) is 1.91. The van der Waals surface area contributed by atoms with Crippen LogP contribution in [0.5, 0.6) is 0 Å². The van der Waals surface area contributed by atoms with Crippen LogP contribution in [0.15, 0.2) is 18.2 Å². The molecule has 9 heavy (non-hydrogen) atoms. The first-order chi connectivity index (χ1) is 4.33. The average molecular weight is 119 g/mol. The van der Waals surface area contributed by atoms with Crippen LogP contribution in [0.3, 0.4) is 0 Å². The molecule has 0 saturated carbocycles. The predicted molar refractivity (Wildman–Crippen MR) is 39.9 cm³/mol. The van der Waals surface area contributed by atoms with Crippen molar-refractivity contribution in [2.24, 2.45) is 0 Å². The smallest absolute Gasteiger partial charge is 0.174 e. The predicted octanol–water partition coefficient (Wildman–Crippen LogP) is 0.0414. The highest BCUT2D eigenvalue weighted by atomic mass is 14.8. The summed E-state index contributed by atoms with van der Waals surface area (Å²) in [5.74, 6) is 0.575. The third kappa shape index (κ3) is 1.45. The summed E-state index contributed by atoms with van der Waals surface area (Å²) in [4.78, 5) is 4.01. The Bertz CT molecular complexity index is 200. The first kappa shape index (κ1) is 6.14. The van der Waals surface area contributed by atoms with Crippen molar-refractivity contribution >= 4 is 18.7 Å². The van der Waals surface area contributed by atoms with Crippen molar-refractivity contribution < 1.29 is 0 Å². The molecule has 0 spiro atoms. The summed E-state index contributed by atoms with van der Waals surface area (Å²) >= 11 is 0. The van der Waals surface area contributed by atoms with E-state index in [1.54, 1.807) is 6.07 Å². The van der Waals surface area contributed by atoms with Crippen LogP contribution in [0.1, 0.15) is 0 Å². The summed E-state index contributed by atoms with van der Waals surface area (Å²) in [6.07, 6.45) is 0. The molecule has 1 rings (SSSR count). The van der Waals surface area contributed by atoms with Crippen LogP contribution < -0.4 is 11.3 Å². The van der Waals surface area contributed by atoms with Crippen molar-refractivity contribution in [2.45, 2.75) is 6.82 Å². The molecule has 2 N–H and O–H groups in total. The van der Waals surface area contributed by atoms with E-state index in [0.29, 0.717) is 5.82 Å². The molecule has 3 heteroatoms. The summed E-state index contributed by atoms with van der Waals surface area (Å²) in [6, 6.07) is 5.57. The number of hydrogen-bond donors (Lipinski definition) is 1. The van der Waals surface area contributed by atoms with Crippen LogP contribution in [-0.4, -0.2) is 12.3 Å². The van der Waals surface area contributed by atoms with Crippen LogP contribution in [0.2, 0.25) is 6.82 Å². The lowest BCUT2D eigenvalue weighted by Crippen LogP contribution is -2.15. The topological polar surface area (TPSA) is 38.9 Å². The number of nitrogens with zero attached hydrogens (tertiary/aromatic N) is 1. The van der Waals surface area contributed by atoms with E-state index in [1.165, 1.54) is 0 Å². The lowest BCUT2D eigenvalue weighted by Gasteiger charge is -1.93. The lowest BCUT2D eigenvalue weighted by atomic mass is 9.78. The van der Waals surface area contributed by atoms with E-state index in [4.69, 9.17) is 5.73 Å². The zero-order valence-corrected chi connectivity index (χ0v) is 5.33. The second-order valence-corrected chi connectivity index (χ2v) is 1.78. The number of nitrogens with two attached hydrogens (primary N) is 1. The Balaban J connectivity index is 2.94. The largest absolute Gasteiger partial charge is 0.384 e. The normalized spacial score (nSPS) is 9.00. The molecule has 1 heterocycles. The minimum Gasteiger partial charge on any atom is -0.384 e. The third-order valence-corrected chi connectivity index (χ3v) is 1.09. The Hall–Kier alpha value is -0.985. The standard InChI is InChI=1S/C6H8BN2/c1-7-5-3-2-4-6(8)9-5/h2-4H,1H3,(H2,8,9). The molecule has 1 radical (unpaired) electrons. The van der Waals surface area contributed by atoms with E-state index < -0.39 is 0 Å². The first-order valence-electron chi connectivity index (χ1n) is 2.85. The van der Waals surface area contributed by atoms with E-state index in [2.05, 4.69) is 4.98 Å². The van der Waals surface area contributed by atoms with Gasteiger partial charge in [-0.3, -0.25) is 0 Å². The van der Waals surface area contributed by atoms with E-state index in [0.717, 1.165) is 5.59 Å². The van der Waals surface area contributed by atoms with Gasteiger partial charge < -0.3 is 5.73 Å². The van der Waals surface area contributed by atoms with E-state index in [-0.39, 0.29) is 0 Å². The molecule has 0 unspecified atom stereocenters. The van der Waals surface area contributed by atoms with Gasteiger partial charge in [0.15, 0.2) is 7.28 Å². The third-order valence-electron chi connectivity index (χ3n) is 1.09. The second-order valence-electron chi connectivity index (χ2n) is 1.78. The Morgan fingerprint density at radius 3 is 2.78 bits per heavy atom. The molecule has 0 saturated heterocycles. The molecule has 0 aliphatic rings. The van der Waals surface area contributed by atoms with Gasteiger partial charge in [-0.2, -0.15) is 0 Å². The van der Waals surface area contributed by atoms with Crippen LogP contribution in [0.4, 0.5) is 5.82 Å². The molecule has 0 bridgehead atoms. The summed E-state index contributed by atoms with van der Waals surface area (Å²) in [6.45, 7) is 1.93. The molecular weight excluding hydrogens is 111 g/mol. The molecule has 2 nitrogen and oxygen atoms in total. The molecule has 0 fully saturated rings. The molecule has 45 valence electrons. The van der Waals surface area contributed by atoms with Gasteiger partial charge in [-0.05, 0) is 11.7 Å². The first-order valence-corrected chi connectivity index (χ1v) is 2.85. The van der Waals surface area contributed by atoms with Gasteiger partial charge in [0.05, 0.1) is 0 Å². The van der Waals surface area contributed by atoms with Crippen molar-refractivity contribution in [1.29, 1.82) is 0 Å². The Kier molecular flexibility index (Phi) is 1.73. The lowest BCUT2D eigenvalue weighted by molar-refractivity contribution is 1.39. The summed E-state index contributed by atoms with van der Waals surface area (Å²) in [5.41, 5.74) is 6.33. The Labute approximate surface area is 55.3 Å². The Morgan fingerprint density at radius 2 is 2.33 bits per heavy atom. The highest BCUT2D eigenvalue weighted by Crippen LogP contribution is 1.88. The minimum absolute atomic E-state index is 0.575. The van der Waals surface area contributed by atoms with Gasteiger partial charge >= 0.3 is 0 Å². The maximum absolute atomic E-state index is 5.40. The van der Waals surface area contributed by atoms with Crippen molar-refractivity contribution in [3.05, 3.63) is 18.2 Å². The maximum Gasteiger partial charge on any atom is 0.174 e. The van der Waals surface area contributed by atoms with E-state index >= 15 is 0 Å². The van der Waals surface area contributed by atoms with Crippen LogP contribution in [-0.2, 0) is 0 Å². The second kappa shape index (κ2) is 2.53. The van der Waals surface area contributed by atoms with Gasteiger partial charge in [-0.25, -0.2) is 4.98 Å². The maximum atomic E-state index is 5.40. The fourth-order valence-corrected chi connectivity index (χ4v) is 0.630. The van der Waals surface area contributed by atoms with E-state index in [1.807, 2.05) is 26.2 Å². The quantitative estimate of drug-likeness (QED) is 0.530. The SMILES string of the molecule is C[B]c1cccc(N)n1. The van der Waals surface area contributed by atoms with Crippen LogP contribution in [0.25, 0.3) is 0 Å². The fraction of sp³-hybridized carbons (Fsp3) is 0.167. The van der Waals surface area contributed by atoms with Crippen LogP contribution >= 0.6 is 0 Å². The highest BCUT2D eigenvalue weighted by Gasteiger charge is 1.89. The van der Waals surface area contributed by atoms with Gasteiger partial charge in [0.2, 0.25) is 0 Å². The average Bonchev–Trinajstić information content (AvgIpc) is 1.88. The van der Waals surface area contributed by atoms with E-state index in [9.17, 15) is 0 Å². The van der Waals surface area contributed by atoms with Crippen molar-refractivity contribution in [1.82, 2.24) is 4.98 Å². The minimum atomic E-state index is 0.575. The van der Waals surface area contributed by atoms with Crippen LogP contribution in [0, 0.1) is 0 Å². The molecular formula is C6H8BN2. The van der Waals surface area contributed by atoms with Crippen molar-refractivity contribution in [3.8, 4) is 0 Å². The Morgan fingerprint density at radius 1 is 1.56 bits per heavy atom. The molecule has 0 aliphatic heterocycles. The zero-order chi connectivity index (χ0) is 6.69.